The summed E-state index contributed by atoms with van der Waals surface area (Å²) in [6, 6.07) is 19.6. The molecule has 0 bridgehead atoms. The summed E-state index contributed by atoms with van der Waals surface area (Å²) in [5, 5.41) is 5.56. The summed E-state index contributed by atoms with van der Waals surface area (Å²) in [7, 11) is 0. The molecule has 0 radical (unpaired) electrons. The fraction of sp³-hybridized carbons (Fsp3) is 0.0909. The van der Waals surface area contributed by atoms with Crippen molar-refractivity contribution in [2.24, 2.45) is 0 Å². The van der Waals surface area contributed by atoms with Crippen molar-refractivity contribution in [3.05, 3.63) is 77.9 Å². The van der Waals surface area contributed by atoms with Crippen LogP contribution < -0.4 is 20.1 Å². The summed E-state index contributed by atoms with van der Waals surface area (Å²) in [6.07, 6.45) is 0. The number of aryl methyl sites for hydroxylation is 1. The van der Waals surface area contributed by atoms with Gasteiger partial charge in [-0.2, -0.15) is 0 Å². The van der Waals surface area contributed by atoms with Crippen LogP contribution in [-0.2, 0) is 4.79 Å². The van der Waals surface area contributed by atoms with Crippen molar-refractivity contribution in [1.82, 2.24) is 0 Å². The van der Waals surface area contributed by atoms with Gasteiger partial charge in [-0.25, -0.2) is 0 Å². The molecule has 1 aliphatic rings. The Kier molecular flexibility index (Phi) is 4.68. The van der Waals surface area contributed by atoms with Crippen molar-refractivity contribution in [3.63, 3.8) is 0 Å². The molecule has 4 rings (SSSR count). The Bertz CT molecular complexity index is 1060. The van der Waals surface area contributed by atoms with Gasteiger partial charge in [-0.15, -0.1) is 0 Å². The third kappa shape index (κ3) is 3.66. The van der Waals surface area contributed by atoms with E-state index in [1.54, 1.807) is 30.3 Å². The van der Waals surface area contributed by atoms with Gasteiger partial charge < -0.3 is 20.1 Å². The van der Waals surface area contributed by atoms with E-state index in [2.05, 4.69) is 10.6 Å². The van der Waals surface area contributed by atoms with Gasteiger partial charge in [0.15, 0.2) is 12.4 Å². The predicted molar refractivity (Wildman–Crippen MR) is 106 cm³/mol. The quantitative estimate of drug-likeness (QED) is 0.711. The Labute approximate surface area is 162 Å². The minimum Gasteiger partial charge on any atom is -0.483 e. The average molecular weight is 374 g/mol. The number of carbonyl (C=O) groups is 2. The third-order valence-corrected chi connectivity index (χ3v) is 4.32. The highest BCUT2D eigenvalue weighted by molar-refractivity contribution is 6.09. The molecule has 0 atom stereocenters. The van der Waals surface area contributed by atoms with Crippen LogP contribution in [0.2, 0.25) is 0 Å². The maximum atomic E-state index is 12.5. The molecular weight excluding hydrogens is 356 g/mol. The lowest BCUT2D eigenvalue weighted by molar-refractivity contribution is -0.118. The van der Waals surface area contributed by atoms with E-state index >= 15 is 0 Å². The van der Waals surface area contributed by atoms with E-state index in [4.69, 9.17) is 9.47 Å². The standard InChI is InChI=1S/C22H18N2O4/c1-14-6-2-4-8-18(14)27-13-21(25)23-15-10-11-19-16(12-15)22(26)24-17-7-3-5-9-20(17)28-19/h2-12H,13H2,1H3,(H,23,25)(H,24,26). The summed E-state index contributed by atoms with van der Waals surface area (Å²) in [6.45, 7) is 1.78. The van der Waals surface area contributed by atoms with Gasteiger partial charge in [-0.3, -0.25) is 9.59 Å². The van der Waals surface area contributed by atoms with Gasteiger partial charge in [-0.1, -0.05) is 30.3 Å². The fourth-order valence-electron chi connectivity index (χ4n) is 2.90. The van der Waals surface area contributed by atoms with Gasteiger partial charge in [0.1, 0.15) is 11.5 Å². The monoisotopic (exact) mass is 374 g/mol. The Morgan fingerprint density at radius 2 is 1.82 bits per heavy atom. The number of carbonyl (C=O) groups excluding carboxylic acids is 2. The highest BCUT2D eigenvalue weighted by atomic mass is 16.5. The van der Waals surface area contributed by atoms with E-state index in [0.29, 0.717) is 34.2 Å². The first kappa shape index (κ1) is 17.6. The number of fused-ring (bicyclic) bond motifs is 2. The third-order valence-electron chi connectivity index (χ3n) is 4.32. The minimum absolute atomic E-state index is 0.129. The molecule has 3 aromatic rings. The molecule has 0 saturated heterocycles. The zero-order chi connectivity index (χ0) is 19.5. The van der Waals surface area contributed by atoms with Gasteiger partial charge in [0.05, 0.1) is 11.3 Å². The highest BCUT2D eigenvalue weighted by Gasteiger charge is 2.21. The summed E-state index contributed by atoms with van der Waals surface area (Å²) < 4.78 is 11.4. The SMILES string of the molecule is Cc1ccccc1OCC(=O)Nc1ccc2c(c1)C(=O)Nc1ccccc1O2. The van der Waals surface area contributed by atoms with Crippen molar-refractivity contribution in [2.45, 2.75) is 6.92 Å². The highest BCUT2D eigenvalue weighted by Crippen LogP contribution is 2.36. The van der Waals surface area contributed by atoms with Gasteiger partial charge in [-0.05, 0) is 48.9 Å². The van der Waals surface area contributed by atoms with Crippen LogP contribution in [0.4, 0.5) is 11.4 Å². The number of nitrogens with one attached hydrogen (secondary N) is 2. The van der Waals surface area contributed by atoms with Crippen LogP contribution in [0.15, 0.2) is 66.7 Å². The molecule has 1 heterocycles. The number of benzene rings is 3. The first-order chi connectivity index (χ1) is 13.6. The maximum absolute atomic E-state index is 12.5. The summed E-state index contributed by atoms with van der Waals surface area (Å²) in [5.41, 5.74) is 2.38. The van der Waals surface area contributed by atoms with Crippen LogP contribution in [0.25, 0.3) is 0 Å². The molecular formula is C22H18N2O4. The molecule has 0 spiro atoms. The molecule has 6 nitrogen and oxygen atoms in total. The number of anilines is 2. The number of hydrogen-bond donors (Lipinski definition) is 2. The zero-order valence-electron chi connectivity index (χ0n) is 15.2. The smallest absolute Gasteiger partial charge is 0.262 e. The lowest BCUT2D eigenvalue weighted by Gasteiger charge is -2.11. The molecule has 0 saturated carbocycles. The summed E-state index contributed by atoms with van der Waals surface area (Å²) >= 11 is 0. The predicted octanol–water partition coefficient (Wildman–Crippen LogP) is 4.37. The van der Waals surface area contributed by atoms with Crippen LogP contribution in [0.5, 0.6) is 17.2 Å². The van der Waals surface area contributed by atoms with Crippen LogP contribution in [-0.4, -0.2) is 18.4 Å². The van der Waals surface area contributed by atoms with Crippen molar-refractivity contribution in [2.75, 3.05) is 17.2 Å². The lowest BCUT2D eigenvalue weighted by Crippen LogP contribution is -2.20. The first-order valence-corrected chi connectivity index (χ1v) is 8.81. The number of ether oxygens (including phenoxy) is 2. The molecule has 0 aromatic heterocycles. The van der Waals surface area contributed by atoms with Crippen LogP contribution in [0.3, 0.4) is 0 Å². The number of para-hydroxylation sites is 3. The molecule has 3 aromatic carbocycles. The molecule has 2 amide bonds. The number of hydrogen-bond acceptors (Lipinski definition) is 4. The number of rotatable bonds is 4. The Balaban J connectivity index is 1.47. The molecule has 1 aliphatic heterocycles. The topological polar surface area (TPSA) is 76.7 Å². The van der Waals surface area contributed by atoms with Gasteiger partial charge in [0, 0.05) is 5.69 Å². The normalized spacial score (nSPS) is 12.0. The van der Waals surface area contributed by atoms with Gasteiger partial charge in [0.2, 0.25) is 0 Å². The van der Waals surface area contributed by atoms with E-state index in [9.17, 15) is 9.59 Å². The first-order valence-electron chi connectivity index (χ1n) is 8.81. The maximum Gasteiger partial charge on any atom is 0.262 e. The Hall–Kier alpha value is -3.80. The van der Waals surface area contributed by atoms with E-state index in [-0.39, 0.29) is 18.4 Å². The molecule has 28 heavy (non-hydrogen) atoms. The molecule has 0 aliphatic carbocycles. The molecule has 2 N–H and O–H groups in total. The summed E-state index contributed by atoms with van der Waals surface area (Å²) in [4.78, 5) is 24.8. The van der Waals surface area contributed by atoms with E-state index in [1.165, 1.54) is 0 Å². The lowest BCUT2D eigenvalue weighted by atomic mass is 10.1. The van der Waals surface area contributed by atoms with Crippen molar-refractivity contribution < 1.29 is 19.1 Å². The number of amides is 2. The molecule has 140 valence electrons. The van der Waals surface area contributed by atoms with E-state index < -0.39 is 0 Å². The van der Waals surface area contributed by atoms with Crippen LogP contribution in [0, 0.1) is 6.92 Å². The largest absolute Gasteiger partial charge is 0.483 e. The minimum atomic E-state index is -0.318. The van der Waals surface area contributed by atoms with E-state index in [1.807, 2.05) is 43.3 Å². The second kappa shape index (κ2) is 7.44. The second-order valence-corrected chi connectivity index (χ2v) is 6.37. The van der Waals surface area contributed by atoms with Crippen LogP contribution in [0.1, 0.15) is 15.9 Å². The van der Waals surface area contributed by atoms with Gasteiger partial charge in [0.25, 0.3) is 11.8 Å². The van der Waals surface area contributed by atoms with Crippen molar-refractivity contribution >= 4 is 23.2 Å². The van der Waals surface area contributed by atoms with Gasteiger partial charge >= 0.3 is 0 Å². The molecule has 0 unspecified atom stereocenters. The van der Waals surface area contributed by atoms with E-state index in [0.717, 1.165) is 5.56 Å². The van der Waals surface area contributed by atoms with Crippen molar-refractivity contribution in [1.29, 1.82) is 0 Å². The van der Waals surface area contributed by atoms with Crippen LogP contribution >= 0.6 is 0 Å². The van der Waals surface area contributed by atoms with Crippen molar-refractivity contribution in [3.8, 4) is 17.2 Å². The average Bonchev–Trinajstić information content (AvgIpc) is 2.83. The Morgan fingerprint density at radius 1 is 1.04 bits per heavy atom. The fourth-order valence-corrected chi connectivity index (χ4v) is 2.90. The Morgan fingerprint density at radius 3 is 2.68 bits per heavy atom. The molecule has 0 fully saturated rings. The zero-order valence-corrected chi connectivity index (χ0v) is 15.2. The summed E-state index contributed by atoms with van der Waals surface area (Å²) in [5.74, 6) is 1.04. The molecule has 6 heteroatoms. The second-order valence-electron chi connectivity index (χ2n) is 6.37.